The quantitative estimate of drug-likeness (QED) is 0.254. The second-order valence-corrected chi connectivity index (χ2v) is 6.45. The van der Waals surface area contributed by atoms with Crippen LogP contribution in [0.2, 0.25) is 0 Å². The summed E-state index contributed by atoms with van der Waals surface area (Å²) in [6.45, 7) is 3.28. The van der Waals surface area contributed by atoms with Gasteiger partial charge >= 0.3 is 11.8 Å². The van der Waals surface area contributed by atoms with Crippen molar-refractivity contribution in [3.8, 4) is 11.4 Å². The molecule has 0 fully saturated rings. The van der Waals surface area contributed by atoms with Gasteiger partial charge in [0.1, 0.15) is 6.20 Å². The zero-order chi connectivity index (χ0) is 21.8. The molecule has 154 valence electrons. The highest BCUT2D eigenvalue weighted by Crippen LogP contribution is 2.25. The number of methoxy groups -OCH3 is 1. The monoisotopic (exact) mass is 409 g/mol. The van der Waals surface area contributed by atoms with Gasteiger partial charge in [0.05, 0.1) is 12.7 Å². The van der Waals surface area contributed by atoms with Crippen LogP contribution in [0.15, 0.2) is 48.7 Å². The molecule has 0 aliphatic rings. The second kappa shape index (κ2) is 8.56. The number of hydrogen-bond acceptors (Lipinski definition) is 7. The van der Waals surface area contributed by atoms with Crippen LogP contribution in [0.3, 0.4) is 0 Å². The van der Waals surface area contributed by atoms with Crippen LogP contribution >= 0.6 is 0 Å². The van der Waals surface area contributed by atoms with Crippen LogP contribution in [0, 0.1) is 24.0 Å². The largest absolute Gasteiger partial charge is 0.477 e. The predicted molar refractivity (Wildman–Crippen MR) is 107 cm³/mol. The van der Waals surface area contributed by atoms with Crippen molar-refractivity contribution in [2.75, 3.05) is 13.7 Å². The smallest absolute Gasteiger partial charge is 0.406 e. The minimum atomic E-state index is -0.663. The first-order chi connectivity index (χ1) is 14.3. The first-order valence-electron chi connectivity index (χ1n) is 8.96. The number of aromatic nitrogens is 2. The third-order valence-electron chi connectivity index (χ3n) is 4.56. The van der Waals surface area contributed by atoms with Gasteiger partial charge in [0.2, 0.25) is 11.5 Å². The molecule has 3 rings (SSSR count). The summed E-state index contributed by atoms with van der Waals surface area (Å²) in [5, 5.41) is 11.0. The molecule has 0 aliphatic heterocycles. The summed E-state index contributed by atoms with van der Waals surface area (Å²) in [5.41, 5.74) is 3.14. The number of esters is 1. The summed E-state index contributed by atoms with van der Waals surface area (Å²) in [4.78, 5) is 38.3. The van der Waals surface area contributed by atoms with Crippen molar-refractivity contribution < 1.29 is 24.0 Å². The summed E-state index contributed by atoms with van der Waals surface area (Å²) in [6, 6.07) is 11.4. The van der Waals surface area contributed by atoms with Crippen LogP contribution in [-0.4, -0.2) is 39.9 Å². The third kappa shape index (κ3) is 4.04. The Balaban J connectivity index is 1.82. The molecule has 0 bridgehead atoms. The highest BCUT2D eigenvalue weighted by Gasteiger charge is 2.20. The van der Waals surface area contributed by atoms with Gasteiger partial charge in [-0.25, -0.2) is 4.79 Å². The number of hydrogen-bond donors (Lipinski definition) is 0. The van der Waals surface area contributed by atoms with Gasteiger partial charge in [-0.15, -0.1) is 0 Å². The molecule has 2 aromatic heterocycles. The van der Waals surface area contributed by atoms with Gasteiger partial charge in [0.15, 0.2) is 6.61 Å². The Morgan fingerprint density at radius 1 is 1.17 bits per heavy atom. The van der Waals surface area contributed by atoms with Crippen LogP contribution in [0.1, 0.15) is 32.1 Å². The van der Waals surface area contributed by atoms with E-state index in [1.807, 2.05) is 11.5 Å². The zero-order valence-corrected chi connectivity index (χ0v) is 16.6. The molecule has 3 aromatic rings. The minimum absolute atomic E-state index is 0.0666. The van der Waals surface area contributed by atoms with Crippen molar-refractivity contribution in [2.45, 2.75) is 13.8 Å². The summed E-state index contributed by atoms with van der Waals surface area (Å²) in [7, 11) is 1.32. The summed E-state index contributed by atoms with van der Waals surface area (Å²) in [5.74, 6) is -1.26. The van der Waals surface area contributed by atoms with Crippen LogP contribution in [0.25, 0.3) is 5.69 Å². The molecular formula is C21H19N3O6. The van der Waals surface area contributed by atoms with E-state index in [9.17, 15) is 19.7 Å². The maximum absolute atomic E-state index is 12.7. The van der Waals surface area contributed by atoms with Gasteiger partial charge < -0.3 is 24.2 Å². The molecule has 0 saturated heterocycles. The molecular weight excluding hydrogens is 390 g/mol. The Bertz CT molecular complexity index is 1120. The lowest BCUT2D eigenvalue weighted by molar-refractivity contribution is -0.390. The van der Waals surface area contributed by atoms with E-state index < -0.39 is 16.7 Å². The Morgan fingerprint density at radius 3 is 2.50 bits per heavy atom. The number of carbonyl (C=O) groups excluding carboxylic acids is 2. The third-order valence-corrected chi connectivity index (χ3v) is 4.56. The van der Waals surface area contributed by atoms with E-state index in [1.54, 1.807) is 37.3 Å². The van der Waals surface area contributed by atoms with E-state index in [0.29, 0.717) is 16.8 Å². The fourth-order valence-corrected chi connectivity index (χ4v) is 3.16. The maximum Gasteiger partial charge on any atom is 0.406 e. The van der Waals surface area contributed by atoms with Gasteiger partial charge in [0.25, 0.3) is 0 Å². The van der Waals surface area contributed by atoms with Crippen LogP contribution in [-0.2, 0) is 4.74 Å². The van der Waals surface area contributed by atoms with Crippen molar-refractivity contribution >= 4 is 17.6 Å². The topological polar surface area (TPSA) is 114 Å². The lowest BCUT2D eigenvalue weighted by Gasteiger charge is -2.11. The molecule has 0 unspecified atom stereocenters. The van der Waals surface area contributed by atoms with E-state index in [-0.39, 0.29) is 18.1 Å². The molecule has 1 aromatic carbocycles. The fourth-order valence-electron chi connectivity index (χ4n) is 3.16. The molecule has 30 heavy (non-hydrogen) atoms. The number of nitro groups is 1. The number of nitrogens with zero attached hydrogens (tertiary/aromatic N) is 3. The Kier molecular flexibility index (Phi) is 5.91. The average molecular weight is 409 g/mol. The van der Waals surface area contributed by atoms with Crippen molar-refractivity contribution in [1.82, 2.24) is 9.55 Å². The Morgan fingerprint density at radius 2 is 1.87 bits per heavy atom. The maximum atomic E-state index is 12.7. The van der Waals surface area contributed by atoms with Crippen LogP contribution in [0.5, 0.6) is 5.75 Å². The summed E-state index contributed by atoms with van der Waals surface area (Å²) >= 11 is 0. The van der Waals surface area contributed by atoms with Gasteiger partial charge in [-0.05, 0) is 66.2 Å². The van der Waals surface area contributed by atoms with Gasteiger partial charge in [-0.2, -0.15) is 0 Å². The number of ketones is 1. The van der Waals surface area contributed by atoms with E-state index >= 15 is 0 Å². The first-order valence-corrected chi connectivity index (χ1v) is 8.96. The van der Waals surface area contributed by atoms with Crippen LogP contribution < -0.4 is 4.74 Å². The van der Waals surface area contributed by atoms with E-state index in [4.69, 9.17) is 9.47 Å². The van der Waals surface area contributed by atoms with Crippen molar-refractivity contribution in [3.05, 3.63) is 81.3 Å². The highest BCUT2D eigenvalue weighted by atomic mass is 16.6. The molecule has 0 N–H and O–H groups in total. The number of Topliss-reactive ketones (excluding diaryl/α,β-unsaturated/α-hetero) is 1. The van der Waals surface area contributed by atoms with Crippen molar-refractivity contribution in [1.29, 1.82) is 0 Å². The first kappa shape index (κ1) is 20.7. The molecule has 0 atom stereocenters. The molecule has 0 amide bonds. The number of benzene rings is 1. The fraction of sp³-hybridized carbons (Fsp3) is 0.190. The highest BCUT2D eigenvalue weighted by molar-refractivity contribution is 5.99. The Hall–Kier alpha value is -4.01. The van der Waals surface area contributed by atoms with Gasteiger partial charge in [-0.1, -0.05) is 0 Å². The second-order valence-electron chi connectivity index (χ2n) is 6.45. The van der Waals surface area contributed by atoms with Gasteiger partial charge in [-0.3, -0.25) is 4.79 Å². The number of ether oxygens (including phenoxy) is 2. The lowest BCUT2D eigenvalue weighted by Crippen LogP contribution is -2.13. The number of rotatable bonds is 7. The summed E-state index contributed by atoms with van der Waals surface area (Å²) < 4.78 is 11.9. The molecule has 0 spiro atoms. The predicted octanol–water partition coefficient (Wildman–Crippen LogP) is 3.45. The van der Waals surface area contributed by atoms with Crippen molar-refractivity contribution in [3.63, 3.8) is 0 Å². The average Bonchev–Trinajstić information content (AvgIpc) is 3.05. The normalized spacial score (nSPS) is 10.5. The molecule has 0 saturated carbocycles. The zero-order valence-electron chi connectivity index (χ0n) is 16.6. The molecule has 2 heterocycles. The molecule has 0 aliphatic carbocycles. The molecule has 0 radical (unpaired) electrons. The summed E-state index contributed by atoms with van der Waals surface area (Å²) in [6.07, 6.45) is 1.28. The number of pyridine rings is 1. The molecule has 9 nitrogen and oxygen atoms in total. The molecule has 9 heteroatoms. The van der Waals surface area contributed by atoms with Gasteiger partial charge in [0, 0.05) is 22.6 Å². The minimum Gasteiger partial charge on any atom is -0.477 e. The SMILES string of the molecule is COC(=O)c1ccc(-n2c(C)cc(C(=O)COc3cccnc3[N+](=O)[O-])c2C)cc1. The standard InChI is InChI=1S/C21H19N3O6/c1-13-11-17(18(25)12-30-19-5-4-10-22-20(19)24(27)28)14(2)23(13)16-8-6-15(7-9-16)21(26)29-3/h4-11H,12H2,1-3H3. The van der Waals surface area contributed by atoms with Crippen molar-refractivity contribution in [2.24, 2.45) is 0 Å². The van der Waals surface area contributed by atoms with Crippen LogP contribution in [0.4, 0.5) is 5.82 Å². The van der Waals surface area contributed by atoms with E-state index in [1.165, 1.54) is 25.4 Å². The Labute approximate surface area is 172 Å². The number of carbonyl (C=O) groups is 2. The van der Waals surface area contributed by atoms with E-state index in [2.05, 4.69) is 4.98 Å². The number of aryl methyl sites for hydroxylation is 1. The van der Waals surface area contributed by atoms with E-state index in [0.717, 1.165) is 11.4 Å². The lowest BCUT2D eigenvalue weighted by atomic mass is 10.1.